The molecule has 0 bridgehead atoms. The van der Waals surface area contributed by atoms with Crippen molar-refractivity contribution in [1.29, 1.82) is 0 Å². The van der Waals surface area contributed by atoms with Crippen molar-refractivity contribution in [3.8, 4) is 0 Å². The van der Waals surface area contributed by atoms with Gasteiger partial charge in [-0.25, -0.2) is 8.78 Å². The van der Waals surface area contributed by atoms with E-state index in [0.29, 0.717) is 37.2 Å². The van der Waals surface area contributed by atoms with Gasteiger partial charge in [0.25, 0.3) is 0 Å². The Kier molecular flexibility index (Phi) is 2.74. The van der Waals surface area contributed by atoms with Gasteiger partial charge in [-0.15, -0.1) is 0 Å². The summed E-state index contributed by atoms with van der Waals surface area (Å²) in [6.45, 7) is 2.49. The molecule has 1 aromatic rings. The van der Waals surface area contributed by atoms with Crippen LogP contribution in [0.25, 0.3) is 0 Å². The number of rotatable bonds is 1. The summed E-state index contributed by atoms with van der Waals surface area (Å²) < 4.78 is 32.8. The Labute approximate surface area is 88.1 Å². The van der Waals surface area contributed by atoms with E-state index >= 15 is 0 Å². The Morgan fingerprint density at radius 1 is 1.27 bits per heavy atom. The molecule has 0 atom stereocenters. The number of benzene rings is 1. The molecule has 15 heavy (non-hydrogen) atoms. The van der Waals surface area contributed by atoms with Gasteiger partial charge in [0, 0.05) is 26.1 Å². The van der Waals surface area contributed by atoms with Crippen molar-refractivity contribution < 1.29 is 13.5 Å². The molecular weight excluding hydrogens is 198 g/mol. The second kappa shape index (κ2) is 3.89. The zero-order valence-electron chi connectivity index (χ0n) is 8.72. The molecule has 0 radical (unpaired) electrons. The first kappa shape index (κ1) is 10.6. The number of hydrogen-bond acceptors (Lipinski definition) is 1. The summed E-state index contributed by atoms with van der Waals surface area (Å²) in [6.07, 6.45) is 0.630. The van der Waals surface area contributed by atoms with E-state index in [0.717, 1.165) is 0 Å². The first-order valence-corrected chi connectivity index (χ1v) is 5.15. The van der Waals surface area contributed by atoms with E-state index in [4.69, 9.17) is 4.74 Å². The standard InChI is InChI=1S/C12H14F2O/c1-9-2-3-10(8-11(9)13)12(14)4-6-15-7-5-12/h2-3,8H,4-7H2,1H3. The van der Waals surface area contributed by atoms with Crippen molar-refractivity contribution in [3.05, 3.63) is 35.1 Å². The lowest BCUT2D eigenvalue weighted by atomic mass is 9.88. The van der Waals surface area contributed by atoms with Crippen LogP contribution in [-0.2, 0) is 10.4 Å². The molecule has 0 aliphatic carbocycles. The highest BCUT2D eigenvalue weighted by molar-refractivity contribution is 5.28. The topological polar surface area (TPSA) is 9.23 Å². The van der Waals surface area contributed by atoms with Gasteiger partial charge >= 0.3 is 0 Å². The van der Waals surface area contributed by atoms with Gasteiger partial charge in [0.05, 0.1) is 0 Å². The molecule has 0 spiro atoms. The van der Waals surface area contributed by atoms with Crippen LogP contribution < -0.4 is 0 Å². The highest BCUT2D eigenvalue weighted by Gasteiger charge is 2.34. The number of hydrogen-bond donors (Lipinski definition) is 0. The molecule has 2 rings (SSSR count). The number of alkyl halides is 1. The summed E-state index contributed by atoms with van der Waals surface area (Å²) in [6, 6.07) is 4.60. The monoisotopic (exact) mass is 212 g/mol. The molecule has 1 aliphatic heterocycles. The molecule has 0 unspecified atom stereocenters. The maximum atomic E-state index is 14.4. The SMILES string of the molecule is Cc1ccc(C2(F)CCOCC2)cc1F. The molecule has 1 nitrogen and oxygen atoms in total. The average molecular weight is 212 g/mol. The molecule has 1 heterocycles. The van der Waals surface area contributed by atoms with Crippen LogP contribution in [0.5, 0.6) is 0 Å². The molecule has 82 valence electrons. The van der Waals surface area contributed by atoms with Crippen LogP contribution in [0.15, 0.2) is 18.2 Å². The third-order valence-electron chi connectivity index (χ3n) is 2.97. The zero-order valence-corrected chi connectivity index (χ0v) is 8.72. The maximum Gasteiger partial charge on any atom is 0.140 e. The smallest absolute Gasteiger partial charge is 0.140 e. The van der Waals surface area contributed by atoms with Crippen LogP contribution in [0, 0.1) is 12.7 Å². The fraction of sp³-hybridized carbons (Fsp3) is 0.500. The highest BCUT2D eigenvalue weighted by Crippen LogP contribution is 2.36. The molecule has 0 amide bonds. The highest BCUT2D eigenvalue weighted by atomic mass is 19.1. The predicted octanol–water partition coefficient (Wildman–Crippen LogP) is 3.11. The molecular formula is C12H14F2O. The summed E-state index contributed by atoms with van der Waals surface area (Å²) in [5, 5.41) is 0. The molecule has 0 aromatic heterocycles. The number of halogens is 2. The number of aryl methyl sites for hydroxylation is 1. The summed E-state index contributed by atoms with van der Waals surface area (Å²) in [4.78, 5) is 0. The second-order valence-corrected chi connectivity index (χ2v) is 4.04. The van der Waals surface area contributed by atoms with Crippen LogP contribution in [0.2, 0.25) is 0 Å². The summed E-state index contributed by atoms with van der Waals surface area (Å²) in [5.41, 5.74) is -0.421. The molecule has 0 saturated carbocycles. The summed E-state index contributed by atoms with van der Waals surface area (Å²) >= 11 is 0. The minimum atomic E-state index is -1.41. The first-order chi connectivity index (χ1) is 7.12. The fourth-order valence-electron chi connectivity index (χ4n) is 1.86. The van der Waals surface area contributed by atoms with E-state index in [-0.39, 0.29) is 5.82 Å². The van der Waals surface area contributed by atoms with Gasteiger partial charge in [0.1, 0.15) is 11.5 Å². The molecule has 1 saturated heterocycles. The van der Waals surface area contributed by atoms with E-state index in [1.54, 1.807) is 19.1 Å². The second-order valence-electron chi connectivity index (χ2n) is 4.04. The minimum Gasteiger partial charge on any atom is -0.381 e. The van der Waals surface area contributed by atoms with Gasteiger partial charge in [0.2, 0.25) is 0 Å². The normalized spacial score (nSPS) is 20.2. The Morgan fingerprint density at radius 3 is 2.53 bits per heavy atom. The fourth-order valence-corrected chi connectivity index (χ4v) is 1.86. The molecule has 3 heteroatoms. The van der Waals surface area contributed by atoms with Gasteiger partial charge in [-0.05, 0) is 24.1 Å². The van der Waals surface area contributed by atoms with Crippen molar-refractivity contribution in [2.24, 2.45) is 0 Å². The van der Waals surface area contributed by atoms with Gasteiger partial charge in [-0.1, -0.05) is 12.1 Å². The summed E-state index contributed by atoms with van der Waals surface area (Å²) in [5.74, 6) is -0.337. The average Bonchev–Trinajstić information content (AvgIpc) is 2.23. The van der Waals surface area contributed by atoms with Crippen LogP contribution in [0.4, 0.5) is 8.78 Å². The molecule has 1 fully saturated rings. The van der Waals surface area contributed by atoms with Crippen molar-refractivity contribution in [2.45, 2.75) is 25.4 Å². The Morgan fingerprint density at radius 2 is 1.93 bits per heavy atom. The quantitative estimate of drug-likeness (QED) is 0.695. The van der Waals surface area contributed by atoms with Crippen molar-refractivity contribution >= 4 is 0 Å². The third-order valence-corrected chi connectivity index (χ3v) is 2.97. The Balaban J connectivity index is 2.31. The van der Waals surface area contributed by atoms with E-state index in [2.05, 4.69) is 0 Å². The molecule has 1 aromatic carbocycles. The lowest BCUT2D eigenvalue weighted by Gasteiger charge is -2.30. The van der Waals surface area contributed by atoms with E-state index in [9.17, 15) is 8.78 Å². The largest absolute Gasteiger partial charge is 0.381 e. The van der Waals surface area contributed by atoms with Crippen molar-refractivity contribution in [1.82, 2.24) is 0 Å². The van der Waals surface area contributed by atoms with Gasteiger partial charge in [0.15, 0.2) is 0 Å². The Hall–Kier alpha value is -0.960. The summed E-state index contributed by atoms with van der Waals surface area (Å²) in [7, 11) is 0. The maximum absolute atomic E-state index is 14.4. The molecule has 1 aliphatic rings. The first-order valence-electron chi connectivity index (χ1n) is 5.15. The van der Waals surface area contributed by atoms with E-state index < -0.39 is 5.67 Å². The molecule has 0 N–H and O–H groups in total. The van der Waals surface area contributed by atoms with Crippen molar-refractivity contribution in [2.75, 3.05) is 13.2 Å². The van der Waals surface area contributed by atoms with Gasteiger partial charge < -0.3 is 4.74 Å². The van der Waals surface area contributed by atoms with E-state index in [1.807, 2.05) is 0 Å². The van der Waals surface area contributed by atoms with Crippen LogP contribution in [-0.4, -0.2) is 13.2 Å². The number of ether oxygens (including phenoxy) is 1. The van der Waals surface area contributed by atoms with Crippen LogP contribution in [0.3, 0.4) is 0 Å². The zero-order chi connectivity index (χ0) is 10.9. The van der Waals surface area contributed by atoms with Crippen molar-refractivity contribution in [3.63, 3.8) is 0 Å². The predicted molar refractivity (Wildman–Crippen MR) is 54.0 cm³/mol. The van der Waals surface area contributed by atoms with Crippen LogP contribution >= 0.6 is 0 Å². The minimum absolute atomic E-state index is 0.315. The Bertz CT molecular complexity index is 357. The van der Waals surface area contributed by atoms with Crippen LogP contribution in [0.1, 0.15) is 24.0 Å². The van der Waals surface area contributed by atoms with Gasteiger partial charge in [-0.3, -0.25) is 0 Å². The third kappa shape index (κ3) is 2.02. The van der Waals surface area contributed by atoms with E-state index in [1.165, 1.54) is 6.07 Å². The lowest BCUT2D eigenvalue weighted by molar-refractivity contribution is -0.0116. The van der Waals surface area contributed by atoms with Gasteiger partial charge in [-0.2, -0.15) is 0 Å². The lowest BCUT2D eigenvalue weighted by Crippen LogP contribution is -2.29.